The van der Waals surface area contributed by atoms with E-state index in [1.807, 2.05) is 0 Å². The van der Waals surface area contributed by atoms with Gasteiger partial charge in [0, 0.05) is 18.2 Å². The number of hydrogen-bond acceptors (Lipinski definition) is 3. The number of hydrogen-bond donors (Lipinski definition) is 0. The summed E-state index contributed by atoms with van der Waals surface area (Å²) in [4.78, 5) is 14.8. The van der Waals surface area contributed by atoms with E-state index in [-0.39, 0.29) is 23.8 Å². The molecule has 0 radical (unpaired) electrons. The number of alkyl halides is 4. The highest BCUT2D eigenvalue weighted by Crippen LogP contribution is 2.23. The van der Waals surface area contributed by atoms with Crippen LogP contribution < -0.4 is 0 Å². The molecular formula is C8H7ClF3NOS. The van der Waals surface area contributed by atoms with Crippen molar-refractivity contribution >= 4 is 28.7 Å². The quantitative estimate of drug-likeness (QED) is 0.613. The molecule has 1 rings (SSSR count). The highest BCUT2D eigenvalue weighted by molar-refractivity contribution is 7.09. The van der Waals surface area contributed by atoms with Crippen molar-refractivity contribution in [3.8, 4) is 0 Å². The number of ketones is 1. The molecule has 0 unspecified atom stereocenters. The molecule has 0 bridgehead atoms. The minimum atomic E-state index is -4.19. The predicted molar refractivity (Wildman–Crippen MR) is 51.5 cm³/mol. The molecule has 84 valence electrons. The molecule has 1 heterocycles. The van der Waals surface area contributed by atoms with Crippen molar-refractivity contribution in [2.45, 2.75) is 19.0 Å². The van der Waals surface area contributed by atoms with E-state index in [1.54, 1.807) is 0 Å². The Morgan fingerprint density at radius 1 is 1.53 bits per heavy atom. The van der Waals surface area contributed by atoms with Gasteiger partial charge in [-0.2, -0.15) is 13.2 Å². The molecule has 0 aliphatic heterocycles. The Labute approximate surface area is 93.1 Å². The van der Waals surface area contributed by atoms with E-state index in [4.69, 9.17) is 11.6 Å². The number of thiazole rings is 1. The summed E-state index contributed by atoms with van der Waals surface area (Å²) in [6.07, 6.45) is -5.30. The third-order valence-electron chi connectivity index (χ3n) is 1.58. The maximum Gasteiger partial charge on any atom is 0.389 e. The van der Waals surface area contributed by atoms with Crippen LogP contribution in [0.4, 0.5) is 13.2 Å². The zero-order valence-corrected chi connectivity index (χ0v) is 9.05. The number of aryl methyl sites for hydroxylation is 1. The second kappa shape index (κ2) is 4.94. The number of nitrogens with zero attached hydrogens (tertiary/aromatic N) is 1. The first-order valence-electron chi connectivity index (χ1n) is 4.02. The molecule has 1 aromatic heterocycles. The highest BCUT2D eigenvalue weighted by Gasteiger charge is 2.27. The average molecular weight is 258 g/mol. The average Bonchev–Trinajstić information content (AvgIpc) is 2.61. The van der Waals surface area contributed by atoms with Gasteiger partial charge in [-0.05, 0) is 0 Å². The van der Waals surface area contributed by atoms with Gasteiger partial charge in [0.15, 0.2) is 5.78 Å². The summed E-state index contributed by atoms with van der Waals surface area (Å²) in [5.41, 5.74) is 0.146. The van der Waals surface area contributed by atoms with Crippen LogP contribution in [0.1, 0.15) is 21.9 Å². The Hall–Kier alpha value is -0.620. The van der Waals surface area contributed by atoms with E-state index in [9.17, 15) is 18.0 Å². The Morgan fingerprint density at radius 3 is 2.73 bits per heavy atom. The fraction of sp³-hybridized carbons (Fsp3) is 0.500. The molecule has 0 saturated heterocycles. The van der Waals surface area contributed by atoms with Crippen molar-refractivity contribution in [3.05, 3.63) is 16.1 Å². The minimum Gasteiger partial charge on any atom is -0.291 e. The van der Waals surface area contributed by atoms with Gasteiger partial charge < -0.3 is 0 Å². The monoisotopic (exact) mass is 257 g/mol. The normalized spacial score (nSPS) is 11.7. The zero-order chi connectivity index (χ0) is 11.5. The van der Waals surface area contributed by atoms with Crippen LogP contribution in [-0.4, -0.2) is 22.8 Å². The minimum absolute atomic E-state index is 0.146. The topological polar surface area (TPSA) is 30.0 Å². The largest absolute Gasteiger partial charge is 0.389 e. The number of rotatable bonds is 4. The van der Waals surface area contributed by atoms with Crippen molar-refractivity contribution in [1.82, 2.24) is 4.98 Å². The predicted octanol–water partition coefficient (Wildman–Crippen LogP) is 3.06. The first kappa shape index (κ1) is 12.4. The van der Waals surface area contributed by atoms with Gasteiger partial charge in [0.1, 0.15) is 5.69 Å². The lowest BCUT2D eigenvalue weighted by Crippen LogP contribution is -2.08. The maximum atomic E-state index is 11.9. The highest BCUT2D eigenvalue weighted by atomic mass is 35.5. The van der Waals surface area contributed by atoms with E-state index < -0.39 is 12.6 Å². The van der Waals surface area contributed by atoms with Crippen LogP contribution in [0, 0.1) is 0 Å². The molecule has 0 aliphatic carbocycles. The number of aromatic nitrogens is 1. The van der Waals surface area contributed by atoms with Crippen LogP contribution in [0.15, 0.2) is 5.38 Å². The zero-order valence-electron chi connectivity index (χ0n) is 7.47. The van der Waals surface area contributed by atoms with Gasteiger partial charge in [-0.15, -0.1) is 22.9 Å². The molecule has 1 aromatic rings. The Balaban J connectivity index is 2.57. The Bertz CT molecular complexity index is 350. The van der Waals surface area contributed by atoms with E-state index in [0.717, 1.165) is 11.3 Å². The number of halogens is 4. The second-order valence-electron chi connectivity index (χ2n) is 2.80. The van der Waals surface area contributed by atoms with Gasteiger partial charge in [-0.3, -0.25) is 4.79 Å². The molecule has 0 aliphatic rings. The van der Waals surface area contributed by atoms with E-state index >= 15 is 0 Å². The van der Waals surface area contributed by atoms with Crippen LogP contribution in [0.25, 0.3) is 0 Å². The molecule has 15 heavy (non-hydrogen) atoms. The number of carbonyl (C=O) groups excluding carboxylic acids is 1. The fourth-order valence-corrected chi connectivity index (χ4v) is 1.81. The molecule has 0 aromatic carbocycles. The van der Waals surface area contributed by atoms with Crippen LogP contribution >= 0.6 is 22.9 Å². The van der Waals surface area contributed by atoms with Crippen molar-refractivity contribution in [2.24, 2.45) is 0 Å². The van der Waals surface area contributed by atoms with Crippen molar-refractivity contribution in [1.29, 1.82) is 0 Å². The first-order valence-corrected chi connectivity index (χ1v) is 5.44. The Kier molecular flexibility index (Phi) is 4.10. The van der Waals surface area contributed by atoms with E-state index in [0.29, 0.717) is 5.01 Å². The van der Waals surface area contributed by atoms with Crippen molar-refractivity contribution < 1.29 is 18.0 Å². The van der Waals surface area contributed by atoms with Gasteiger partial charge in [0.05, 0.1) is 10.9 Å². The summed E-state index contributed by atoms with van der Waals surface area (Å²) in [6.45, 7) is 0. The molecule has 0 atom stereocenters. The van der Waals surface area contributed by atoms with Crippen LogP contribution in [0.3, 0.4) is 0 Å². The maximum absolute atomic E-state index is 11.9. The molecule has 0 N–H and O–H groups in total. The number of Topliss-reactive ketones (excluding diaryl/α,β-unsaturated/α-hetero) is 1. The lowest BCUT2D eigenvalue weighted by atomic mass is 10.3. The van der Waals surface area contributed by atoms with Crippen molar-refractivity contribution in [2.75, 3.05) is 5.88 Å². The van der Waals surface area contributed by atoms with Gasteiger partial charge in [-0.25, -0.2) is 4.98 Å². The molecule has 7 heteroatoms. The molecular weight excluding hydrogens is 251 g/mol. The standard InChI is InChI=1S/C8H7ClF3NOS/c9-3-6(14)5-4-15-7(13-5)1-2-8(10,11)12/h4H,1-3H2. The van der Waals surface area contributed by atoms with Crippen LogP contribution in [-0.2, 0) is 6.42 Å². The van der Waals surface area contributed by atoms with Gasteiger partial charge in [0.2, 0.25) is 0 Å². The third-order valence-corrected chi connectivity index (χ3v) is 2.73. The molecule has 0 spiro atoms. The Morgan fingerprint density at radius 2 is 2.20 bits per heavy atom. The SMILES string of the molecule is O=C(CCl)c1csc(CCC(F)(F)F)n1. The van der Waals surface area contributed by atoms with Gasteiger partial charge >= 0.3 is 6.18 Å². The lowest BCUT2D eigenvalue weighted by molar-refractivity contribution is -0.133. The summed E-state index contributed by atoms with van der Waals surface area (Å²) in [6, 6.07) is 0. The summed E-state index contributed by atoms with van der Waals surface area (Å²) in [5.74, 6) is -0.575. The van der Waals surface area contributed by atoms with Crippen molar-refractivity contribution in [3.63, 3.8) is 0 Å². The van der Waals surface area contributed by atoms with Crippen LogP contribution in [0.5, 0.6) is 0 Å². The summed E-state index contributed by atoms with van der Waals surface area (Å²) >= 11 is 6.32. The van der Waals surface area contributed by atoms with E-state index in [2.05, 4.69) is 4.98 Å². The van der Waals surface area contributed by atoms with Crippen LogP contribution in [0.2, 0.25) is 0 Å². The smallest absolute Gasteiger partial charge is 0.291 e. The molecule has 0 saturated carbocycles. The van der Waals surface area contributed by atoms with E-state index in [1.165, 1.54) is 5.38 Å². The molecule has 0 amide bonds. The third kappa shape index (κ3) is 4.17. The fourth-order valence-electron chi connectivity index (χ4n) is 0.871. The first-order chi connectivity index (χ1) is 6.92. The summed E-state index contributed by atoms with van der Waals surface area (Å²) in [5, 5.41) is 1.73. The summed E-state index contributed by atoms with van der Waals surface area (Å²) in [7, 11) is 0. The van der Waals surface area contributed by atoms with Gasteiger partial charge in [-0.1, -0.05) is 0 Å². The summed E-state index contributed by atoms with van der Waals surface area (Å²) < 4.78 is 35.6. The molecule has 0 fully saturated rings. The molecule has 2 nitrogen and oxygen atoms in total. The number of carbonyl (C=O) groups is 1. The lowest BCUT2D eigenvalue weighted by Gasteiger charge is -2.02. The van der Waals surface area contributed by atoms with Gasteiger partial charge in [0.25, 0.3) is 0 Å². The second-order valence-corrected chi connectivity index (χ2v) is 4.01.